The molecule has 1 fully saturated rings. The van der Waals surface area contributed by atoms with Crippen LogP contribution < -0.4 is 0 Å². The highest BCUT2D eigenvalue weighted by atomic mass is 32.2. The van der Waals surface area contributed by atoms with Gasteiger partial charge in [-0.2, -0.15) is 5.10 Å². The van der Waals surface area contributed by atoms with Crippen molar-refractivity contribution in [2.45, 2.75) is 64.8 Å². The van der Waals surface area contributed by atoms with Crippen LogP contribution in [0.25, 0.3) is 0 Å². The van der Waals surface area contributed by atoms with E-state index in [4.69, 9.17) is 0 Å². The fourth-order valence-corrected chi connectivity index (χ4v) is 4.84. The van der Waals surface area contributed by atoms with Crippen LogP contribution in [0.2, 0.25) is 0 Å². The zero-order chi connectivity index (χ0) is 16.0. The summed E-state index contributed by atoms with van der Waals surface area (Å²) in [5.41, 5.74) is 1.70. The van der Waals surface area contributed by atoms with Crippen LogP contribution in [0.4, 0.5) is 0 Å². The summed E-state index contributed by atoms with van der Waals surface area (Å²) in [5.74, 6) is 0. The number of sulfonamides is 1. The predicted octanol–water partition coefficient (Wildman–Crippen LogP) is 2.89. The van der Waals surface area contributed by atoms with E-state index in [9.17, 15) is 8.42 Å². The van der Waals surface area contributed by atoms with Gasteiger partial charge in [0.2, 0.25) is 10.0 Å². The van der Waals surface area contributed by atoms with Gasteiger partial charge in [0.25, 0.3) is 0 Å². The summed E-state index contributed by atoms with van der Waals surface area (Å²) < 4.78 is 28.6. The van der Waals surface area contributed by atoms with Crippen LogP contribution in [0.5, 0.6) is 0 Å². The van der Waals surface area contributed by atoms with Crippen molar-refractivity contribution < 1.29 is 8.42 Å². The first kappa shape index (κ1) is 16.5. The lowest BCUT2D eigenvalue weighted by molar-refractivity contribution is 0.347. The second kappa shape index (κ2) is 5.39. The molecule has 1 unspecified atom stereocenters. The molecule has 1 aromatic rings. The summed E-state index contributed by atoms with van der Waals surface area (Å²) >= 11 is 0. The van der Waals surface area contributed by atoms with Gasteiger partial charge >= 0.3 is 0 Å². The first-order valence-corrected chi connectivity index (χ1v) is 9.06. The number of rotatable bonds is 4. The topological polar surface area (TPSA) is 55.2 Å². The largest absolute Gasteiger partial charge is 0.265 e. The molecule has 1 atom stereocenters. The lowest BCUT2D eigenvalue weighted by Gasteiger charge is -2.19. The van der Waals surface area contributed by atoms with Gasteiger partial charge in [-0.1, -0.05) is 20.8 Å². The minimum Gasteiger partial charge on any atom is -0.265 e. The third kappa shape index (κ3) is 2.88. The van der Waals surface area contributed by atoms with E-state index >= 15 is 0 Å². The van der Waals surface area contributed by atoms with E-state index in [-0.39, 0.29) is 0 Å². The molecule has 0 bridgehead atoms. The van der Waals surface area contributed by atoms with Crippen molar-refractivity contribution in [3.05, 3.63) is 11.4 Å². The van der Waals surface area contributed by atoms with Crippen molar-refractivity contribution >= 4 is 10.0 Å². The summed E-state index contributed by atoms with van der Waals surface area (Å²) in [6.07, 6.45) is 3.28. The highest BCUT2D eigenvalue weighted by molar-refractivity contribution is 7.89. The van der Waals surface area contributed by atoms with Gasteiger partial charge in [0.15, 0.2) is 0 Å². The van der Waals surface area contributed by atoms with E-state index < -0.39 is 10.0 Å². The maximum absolute atomic E-state index is 12.6. The van der Waals surface area contributed by atoms with Crippen LogP contribution in [0.15, 0.2) is 4.90 Å². The lowest BCUT2D eigenvalue weighted by Crippen LogP contribution is -2.27. The van der Waals surface area contributed by atoms with E-state index in [0.717, 1.165) is 25.0 Å². The molecule has 1 aliphatic rings. The Bertz CT molecular complexity index is 632. The van der Waals surface area contributed by atoms with Gasteiger partial charge in [0.05, 0.1) is 17.4 Å². The Morgan fingerprint density at radius 1 is 1.38 bits per heavy atom. The summed E-state index contributed by atoms with van der Waals surface area (Å²) in [6.45, 7) is 10.5. The summed E-state index contributed by atoms with van der Waals surface area (Å²) in [7, 11) is -1.82. The molecule has 1 aliphatic carbocycles. The van der Waals surface area contributed by atoms with Crippen LogP contribution in [0.3, 0.4) is 0 Å². The SMILES string of the molecule is CCN(C)S(=O)(=O)c1c(C)nn(C2CCC(C)(C)C2)c1C. The zero-order valence-corrected chi connectivity index (χ0v) is 14.8. The average Bonchev–Trinajstić information content (AvgIpc) is 2.88. The molecule has 6 heteroatoms. The second-order valence-corrected chi connectivity index (χ2v) is 8.91. The van der Waals surface area contributed by atoms with Gasteiger partial charge in [0.1, 0.15) is 4.90 Å². The molecular weight excluding hydrogens is 286 g/mol. The fraction of sp³-hybridized carbons (Fsp3) is 0.800. The van der Waals surface area contributed by atoms with Gasteiger partial charge in [-0.05, 0) is 38.5 Å². The number of aromatic nitrogens is 2. The van der Waals surface area contributed by atoms with Gasteiger partial charge in [0, 0.05) is 13.6 Å². The molecule has 2 rings (SSSR count). The van der Waals surface area contributed by atoms with Crippen molar-refractivity contribution in [3.63, 3.8) is 0 Å². The highest BCUT2D eigenvalue weighted by Gasteiger charge is 2.35. The standard InChI is InChI=1S/C15H27N3O2S/c1-7-17(6)21(19,20)14-11(2)16-18(12(14)3)13-8-9-15(4,5)10-13/h13H,7-10H2,1-6H3. The molecule has 1 aromatic heterocycles. The normalized spacial score (nSPS) is 22.1. The Kier molecular flexibility index (Phi) is 4.23. The molecule has 0 aromatic carbocycles. The maximum atomic E-state index is 12.6. The molecule has 0 radical (unpaired) electrons. The Morgan fingerprint density at radius 2 is 2.00 bits per heavy atom. The minimum absolute atomic E-state index is 0.314. The fourth-order valence-electron chi connectivity index (χ4n) is 3.31. The molecule has 120 valence electrons. The van der Waals surface area contributed by atoms with Crippen LogP contribution >= 0.6 is 0 Å². The van der Waals surface area contributed by atoms with E-state index in [1.165, 1.54) is 4.31 Å². The number of nitrogens with zero attached hydrogens (tertiary/aromatic N) is 3. The molecular formula is C15H27N3O2S. The maximum Gasteiger partial charge on any atom is 0.246 e. The molecule has 0 amide bonds. The molecule has 0 saturated heterocycles. The third-order valence-corrected chi connectivity index (χ3v) is 6.85. The van der Waals surface area contributed by atoms with Crippen LogP contribution in [0, 0.1) is 19.3 Å². The quantitative estimate of drug-likeness (QED) is 0.859. The second-order valence-electron chi connectivity index (χ2n) is 6.92. The van der Waals surface area contributed by atoms with Crippen molar-refractivity contribution in [2.24, 2.45) is 5.41 Å². The number of hydrogen-bond acceptors (Lipinski definition) is 3. The van der Waals surface area contributed by atoms with Crippen LogP contribution in [-0.2, 0) is 10.0 Å². The van der Waals surface area contributed by atoms with Crippen molar-refractivity contribution in [1.82, 2.24) is 14.1 Å². The lowest BCUT2D eigenvalue weighted by atomic mass is 9.92. The molecule has 1 saturated carbocycles. The molecule has 21 heavy (non-hydrogen) atoms. The monoisotopic (exact) mass is 313 g/mol. The van der Waals surface area contributed by atoms with Gasteiger partial charge in [-0.15, -0.1) is 0 Å². The van der Waals surface area contributed by atoms with E-state index in [1.807, 2.05) is 18.5 Å². The Balaban J connectivity index is 2.44. The van der Waals surface area contributed by atoms with Crippen LogP contribution in [-0.4, -0.2) is 36.1 Å². The molecule has 0 N–H and O–H groups in total. The first-order valence-electron chi connectivity index (χ1n) is 7.62. The number of hydrogen-bond donors (Lipinski definition) is 0. The highest BCUT2D eigenvalue weighted by Crippen LogP contribution is 2.44. The van der Waals surface area contributed by atoms with Crippen molar-refractivity contribution in [3.8, 4) is 0 Å². The molecule has 1 heterocycles. The molecule has 0 spiro atoms. The minimum atomic E-state index is -3.44. The first-order chi connectivity index (χ1) is 9.60. The van der Waals surface area contributed by atoms with E-state index in [0.29, 0.717) is 28.6 Å². The zero-order valence-electron chi connectivity index (χ0n) is 14.0. The van der Waals surface area contributed by atoms with E-state index in [2.05, 4.69) is 18.9 Å². The van der Waals surface area contributed by atoms with Gasteiger partial charge in [-0.25, -0.2) is 12.7 Å². The molecule has 0 aliphatic heterocycles. The Labute approximate surface area is 128 Å². The Morgan fingerprint density at radius 3 is 2.48 bits per heavy atom. The summed E-state index contributed by atoms with van der Waals surface area (Å²) in [4.78, 5) is 0.386. The third-order valence-electron chi connectivity index (χ3n) is 4.66. The summed E-state index contributed by atoms with van der Waals surface area (Å²) in [6, 6.07) is 0.314. The van der Waals surface area contributed by atoms with Gasteiger partial charge in [-0.3, -0.25) is 4.68 Å². The summed E-state index contributed by atoms with van der Waals surface area (Å²) in [5, 5.41) is 4.55. The average molecular weight is 313 g/mol. The predicted molar refractivity (Wildman–Crippen MR) is 83.9 cm³/mol. The van der Waals surface area contributed by atoms with Gasteiger partial charge < -0.3 is 0 Å². The number of aryl methyl sites for hydroxylation is 1. The van der Waals surface area contributed by atoms with Crippen LogP contribution in [0.1, 0.15) is 57.5 Å². The smallest absolute Gasteiger partial charge is 0.246 e. The van der Waals surface area contributed by atoms with Crippen molar-refractivity contribution in [1.29, 1.82) is 0 Å². The Hall–Kier alpha value is -0.880. The molecule has 5 nitrogen and oxygen atoms in total. The van der Waals surface area contributed by atoms with Crippen molar-refractivity contribution in [2.75, 3.05) is 13.6 Å². The van der Waals surface area contributed by atoms with E-state index in [1.54, 1.807) is 14.0 Å².